The van der Waals surface area contributed by atoms with Crippen LogP contribution in [-0.4, -0.2) is 15.0 Å². The first-order chi connectivity index (χ1) is 12.7. The monoisotopic (exact) mass is 364 g/mol. The normalized spacial score (nSPS) is 20.2. The van der Waals surface area contributed by atoms with E-state index in [0.29, 0.717) is 6.04 Å². The van der Waals surface area contributed by atoms with Gasteiger partial charge in [0, 0.05) is 29.9 Å². The Labute approximate surface area is 158 Å². The Hall–Kier alpha value is -2.11. The van der Waals surface area contributed by atoms with Gasteiger partial charge in [-0.25, -0.2) is 4.98 Å². The van der Waals surface area contributed by atoms with Crippen molar-refractivity contribution < 1.29 is 0 Å². The summed E-state index contributed by atoms with van der Waals surface area (Å²) in [5.74, 6) is 0. The fraction of sp³-hybridized carbons (Fsp3) is 0.381. The van der Waals surface area contributed by atoms with Gasteiger partial charge < -0.3 is 5.32 Å². The average Bonchev–Trinajstić information content (AvgIpc) is 3.17. The summed E-state index contributed by atoms with van der Waals surface area (Å²) in [6.07, 6.45) is 8.00. The van der Waals surface area contributed by atoms with Gasteiger partial charge in [0.1, 0.15) is 0 Å². The zero-order chi connectivity index (χ0) is 17.9. The van der Waals surface area contributed by atoms with E-state index >= 15 is 0 Å². The van der Waals surface area contributed by atoms with E-state index in [1.165, 1.54) is 28.9 Å². The molecule has 3 aromatic heterocycles. The van der Waals surface area contributed by atoms with E-state index in [9.17, 15) is 0 Å². The molecular formula is C21H24N4S. The molecule has 0 amide bonds. The summed E-state index contributed by atoms with van der Waals surface area (Å²) >= 11 is 1.69. The topological polar surface area (TPSA) is 50.7 Å². The minimum Gasteiger partial charge on any atom is -0.300 e. The summed E-state index contributed by atoms with van der Waals surface area (Å²) in [5, 5.41) is 6.95. The Morgan fingerprint density at radius 3 is 2.58 bits per heavy atom. The lowest BCUT2D eigenvalue weighted by Gasteiger charge is -2.32. The minimum atomic E-state index is 0.284. The average molecular weight is 365 g/mol. The molecule has 5 heteroatoms. The number of hydrogen-bond acceptors (Lipinski definition) is 5. The van der Waals surface area contributed by atoms with E-state index in [4.69, 9.17) is 4.98 Å². The lowest BCUT2D eigenvalue weighted by Crippen LogP contribution is -2.32. The van der Waals surface area contributed by atoms with Gasteiger partial charge in [0.15, 0.2) is 0 Å². The largest absolute Gasteiger partial charge is 0.300 e. The lowest BCUT2D eigenvalue weighted by molar-refractivity contribution is 0.319. The van der Waals surface area contributed by atoms with Crippen LogP contribution < -0.4 is 5.32 Å². The SMILES string of the molecule is Cc1cccnc1[C@@H]1CCC[C@H](c2nc(Cc3nccs3)ccc2C)N1. The van der Waals surface area contributed by atoms with Crippen molar-refractivity contribution in [2.75, 3.05) is 0 Å². The van der Waals surface area contributed by atoms with Crippen molar-refractivity contribution in [2.24, 2.45) is 0 Å². The van der Waals surface area contributed by atoms with E-state index in [0.717, 1.165) is 30.0 Å². The van der Waals surface area contributed by atoms with Crippen LogP contribution in [0.25, 0.3) is 0 Å². The number of piperidine rings is 1. The summed E-state index contributed by atoms with van der Waals surface area (Å²) < 4.78 is 0. The first-order valence-electron chi connectivity index (χ1n) is 9.23. The second-order valence-corrected chi connectivity index (χ2v) is 7.99. The van der Waals surface area contributed by atoms with Crippen molar-refractivity contribution in [1.82, 2.24) is 20.3 Å². The molecule has 3 aromatic rings. The van der Waals surface area contributed by atoms with Crippen molar-refractivity contribution >= 4 is 11.3 Å². The molecule has 4 heterocycles. The molecule has 1 N–H and O–H groups in total. The summed E-state index contributed by atoms with van der Waals surface area (Å²) in [5.41, 5.74) is 5.96. The molecule has 4 rings (SSSR count). The third kappa shape index (κ3) is 3.69. The molecule has 0 spiro atoms. The minimum absolute atomic E-state index is 0.284. The fourth-order valence-corrected chi connectivity index (χ4v) is 4.39. The Morgan fingerprint density at radius 1 is 1.00 bits per heavy atom. The molecule has 2 atom stereocenters. The second-order valence-electron chi connectivity index (χ2n) is 7.02. The third-order valence-corrected chi connectivity index (χ3v) is 5.89. The van der Waals surface area contributed by atoms with Crippen LogP contribution in [0.4, 0.5) is 0 Å². The lowest BCUT2D eigenvalue weighted by atomic mass is 9.91. The van der Waals surface area contributed by atoms with Crippen LogP contribution in [0.15, 0.2) is 42.0 Å². The third-order valence-electron chi connectivity index (χ3n) is 5.11. The Kier molecular flexibility index (Phi) is 5.09. The smallest absolute Gasteiger partial charge is 0.0984 e. The molecule has 0 aliphatic carbocycles. The van der Waals surface area contributed by atoms with Crippen molar-refractivity contribution in [1.29, 1.82) is 0 Å². The highest BCUT2D eigenvalue weighted by Gasteiger charge is 2.27. The first-order valence-corrected chi connectivity index (χ1v) is 10.1. The van der Waals surface area contributed by atoms with Crippen LogP contribution >= 0.6 is 11.3 Å². The summed E-state index contributed by atoms with van der Waals surface area (Å²) in [4.78, 5) is 14.0. The van der Waals surface area contributed by atoms with Crippen LogP contribution in [0.3, 0.4) is 0 Å². The summed E-state index contributed by atoms with van der Waals surface area (Å²) in [6.45, 7) is 4.30. The van der Waals surface area contributed by atoms with Gasteiger partial charge in [-0.2, -0.15) is 0 Å². The number of aromatic nitrogens is 3. The first kappa shape index (κ1) is 17.3. The summed E-state index contributed by atoms with van der Waals surface area (Å²) in [6, 6.07) is 9.07. The van der Waals surface area contributed by atoms with Crippen molar-refractivity contribution in [3.8, 4) is 0 Å². The van der Waals surface area contributed by atoms with E-state index in [1.807, 2.05) is 23.8 Å². The highest BCUT2D eigenvalue weighted by Crippen LogP contribution is 2.33. The number of thiazole rings is 1. The summed E-state index contributed by atoms with van der Waals surface area (Å²) in [7, 11) is 0. The maximum Gasteiger partial charge on any atom is 0.0984 e. The highest BCUT2D eigenvalue weighted by molar-refractivity contribution is 7.09. The molecule has 0 bridgehead atoms. The molecule has 0 unspecified atom stereocenters. The second kappa shape index (κ2) is 7.64. The van der Waals surface area contributed by atoms with Gasteiger partial charge in [0.05, 0.1) is 28.5 Å². The molecular weight excluding hydrogens is 340 g/mol. The molecule has 1 fully saturated rings. The van der Waals surface area contributed by atoms with Gasteiger partial charge >= 0.3 is 0 Å². The molecule has 0 aromatic carbocycles. The van der Waals surface area contributed by atoms with Crippen molar-refractivity contribution in [3.63, 3.8) is 0 Å². The van der Waals surface area contributed by atoms with Gasteiger partial charge in [-0.1, -0.05) is 12.1 Å². The van der Waals surface area contributed by atoms with Crippen molar-refractivity contribution in [3.05, 3.63) is 75.3 Å². The number of rotatable bonds is 4. The molecule has 134 valence electrons. The fourth-order valence-electron chi connectivity index (χ4n) is 3.76. The van der Waals surface area contributed by atoms with Gasteiger partial charge in [0.2, 0.25) is 0 Å². The van der Waals surface area contributed by atoms with E-state index in [2.05, 4.69) is 47.3 Å². The van der Waals surface area contributed by atoms with E-state index < -0.39 is 0 Å². The van der Waals surface area contributed by atoms with Gasteiger partial charge in [0.25, 0.3) is 0 Å². The van der Waals surface area contributed by atoms with Gasteiger partial charge in [-0.15, -0.1) is 11.3 Å². The van der Waals surface area contributed by atoms with Crippen LogP contribution in [-0.2, 0) is 6.42 Å². The predicted molar refractivity (Wildman–Crippen MR) is 105 cm³/mol. The Morgan fingerprint density at radius 2 is 1.81 bits per heavy atom. The molecule has 0 radical (unpaired) electrons. The quantitative estimate of drug-likeness (QED) is 0.729. The number of aryl methyl sites for hydroxylation is 2. The number of nitrogens with zero attached hydrogens (tertiary/aromatic N) is 3. The van der Waals surface area contributed by atoms with E-state index in [1.54, 1.807) is 11.3 Å². The molecule has 0 saturated carbocycles. The van der Waals surface area contributed by atoms with Gasteiger partial charge in [-0.05, 0) is 56.4 Å². The number of hydrogen-bond donors (Lipinski definition) is 1. The highest BCUT2D eigenvalue weighted by atomic mass is 32.1. The van der Waals surface area contributed by atoms with Gasteiger partial charge in [-0.3, -0.25) is 9.97 Å². The van der Waals surface area contributed by atoms with Crippen molar-refractivity contribution in [2.45, 2.75) is 51.6 Å². The number of pyridine rings is 2. The number of nitrogens with one attached hydrogen (secondary N) is 1. The standard InChI is InChI=1S/C21H24N4S/c1-14-5-4-10-23-20(14)17-6-3-7-18(25-17)21-15(2)8-9-16(24-21)13-19-22-11-12-26-19/h4-5,8-12,17-18,25H,3,6-7,13H2,1-2H3/t17-,18+/m0/s1. The zero-order valence-corrected chi connectivity index (χ0v) is 16.1. The molecule has 26 heavy (non-hydrogen) atoms. The van der Waals surface area contributed by atoms with Crippen LogP contribution in [0.1, 0.15) is 64.6 Å². The molecule has 4 nitrogen and oxygen atoms in total. The van der Waals surface area contributed by atoms with Crippen LogP contribution in [0.5, 0.6) is 0 Å². The maximum atomic E-state index is 5.01. The predicted octanol–water partition coefficient (Wildman–Crippen LogP) is 4.70. The maximum absolute atomic E-state index is 5.01. The van der Waals surface area contributed by atoms with E-state index in [-0.39, 0.29) is 6.04 Å². The molecule has 1 saturated heterocycles. The zero-order valence-electron chi connectivity index (χ0n) is 15.3. The van der Waals surface area contributed by atoms with Crippen LogP contribution in [0, 0.1) is 13.8 Å². The Bertz CT molecular complexity index is 875. The Balaban J connectivity index is 1.57. The molecule has 1 aliphatic heterocycles. The molecule has 1 aliphatic rings. The van der Waals surface area contributed by atoms with Crippen LogP contribution in [0.2, 0.25) is 0 Å².